The topological polar surface area (TPSA) is 12.5 Å². The maximum absolute atomic E-state index is 12.5. The Hall–Kier alpha value is -0.780. The number of likely N-dealkylation sites (tertiary alicyclic amines) is 1. The zero-order valence-electron chi connectivity index (χ0n) is 11.7. The molecule has 0 atom stereocenters. The fraction of sp³-hybridized carbons (Fsp3) is 0.600. The normalized spacial score (nSPS) is 18.1. The minimum absolute atomic E-state index is 0.257. The molecular formula is C15H19ClF3NO. The first-order valence-corrected chi connectivity index (χ1v) is 7.58. The highest BCUT2D eigenvalue weighted by Crippen LogP contribution is 2.29. The molecule has 2 nitrogen and oxygen atoms in total. The molecule has 0 aliphatic carbocycles. The number of nitrogens with zero attached hydrogens (tertiary/aromatic N) is 1. The van der Waals surface area contributed by atoms with Gasteiger partial charge in [-0.25, -0.2) is 0 Å². The van der Waals surface area contributed by atoms with Gasteiger partial charge in [0.1, 0.15) is 0 Å². The number of halogens is 4. The molecule has 1 aliphatic heterocycles. The summed E-state index contributed by atoms with van der Waals surface area (Å²) in [6.07, 6.45) is -2.13. The molecular weight excluding hydrogens is 303 g/mol. The molecule has 1 aromatic carbocycles. The second kappa shape index (κ2) is 7.47. The molecule has 1 aromatic rings. The van der Waals surface area contributed by atoms with Gasteiger partial charge in [-0.15, -0.1) is 11.6 Å². The summed E-state index contributed by atoms with van der Waals surface area (Å²) in [6.45, 7) is 3.05. The zero-order chi connectivity index (χ0) is 15.3. The molecule has 0 radical (unpaired) electrons. The van der Waals surface area contributed by atoms with Gasteiger partial charge in [-0.3, -0.25) is 4.90 Å². The van der Waals surface area contributed by atoms with Gasteiger partial charge in [0.25, 0.3) is 0 Å². The molecule has 0 saturated carbocycles. The Bertz CT molecular complexity index is 428. The summed E-state index contributed by atoms with van der Waals surface area (Å²) in [5.74, 6) is 0.506. The van der Waals surface area contributed by atoms with Crippen LogP contribution < -0.4 is 0 Å². The van der Waals surface area contributed by atoms with Crippen molar-refractivity contribution in [1.82, 2.24) is 4.90 Å². The van der Waals surface area contributed by atoms with Crippen LogP contribution in [0, 0.1) is 0 Å². The molecule has 2 rings (SSSR count). The molecule has 6 heteroatoms. The monoisotopic (exact) mass is 321 g/mol. The van der Waals surface area contributed by atoms with Crippen LogP contribution in [-0.4, -0.2) is 36.6 Å². The number of alkyl halides is 4. The molecule has 0 N–H and O–H groups in total. The number of piperidine rings is 1. The maximum atomic E-state index is 12.5. The Morgan fingerprint density at radius 2 is 1.76 bits per heavy atom. The first-order chi connectivity index (χ1) is 9.99. The minimum Gasteiger partial charge on any atom is -0.377 e. The molecule has 0 amide bonds. The van der Waals surface area contributed by atoms with Crippen LogP contribution in [0.15, 0.2) is 24.3 Å². The zero-order valence-corrected chi connectivity index (χ0v) is 12.5. The van der Waals surface area contributed by atoms with E-state index in [1.165, 1.54) is 0 Å². The second-order valence-corrected chi connectivity index (χ2v) is 5.61. The molecule has 1 fully saturated rings. The minimum atomic E-state index is -4.27. The Morgan fingerprint density at radius 1 is 1.14 bits per heavy atom. The van der Waals surface area contributed by atoms with Gasteiger partial charge in [0.15, 0.2) is 0 Å². The van der Waals surface area contributed by atoms with Crippen molar-refractivity contribution >= 4 is 11.6 Å². The van der Waals surface area contributed by atoms with Crippen molar-refractivity contribution in [3.05, 3.63) is 35.4 Å². The van der Waals surface area contributed by atoms with Gasteiger partial charge in [0.2, 0.25) is 0 Å². The fourth-order valence-electron chi connectivity index (χ4n) is 2.50. The molecule has 118 valence electrons. The Kier molecular flexibility index (Phi) is 5.90. The summed E-state index contributed by atoms with van der Waals surface area (Å²) in [7, 11) is 0. The van der Waals surface area contributed by atoms with Crippen LogP contribution in [-0.2, 0) is 17.5 Å². The van der Waals surface area contributed by atoms with Crippen molar-refractivity contribution in [2.24, 2.45) is 0 Å². The molecule has 0 aromatic heterocycles. The fourth-order valence-corrected chi connectivity index (χ4v) is 2.59. The molecule has 0 unspecified atom stereocenters. The Morgan fingerprint density at radius 3 is 2.29 bits per heavy atom. The summed E-state index contributed by atoms with van der Waals surface area (Å²) in [4.78, 5) is 2.24. The third-order valence-electron chi connectivity index (χ3n) is 3.65. The van der Waals surface area contributed by atoms with Gasteiger partial charge in [-0.2, -0.15) is 13.2 Å². The SMILES string of the molecule is FC(F)(F)c1ccc(CN2CCC(OCCCl)CC2)cc1. The van der Waals surface area contributed by atoms with E-state index in [1.54, 1.807) is 12.1 Å². The first-order valence-electron chi connectivity index (χ1n) is 7.05. The molecule has 1 saturated heterocycles. The highest BCUT2D eigenvalue weighted by Gasteiger charge is 2.30. The lowest BCUT2D eigenvalue weighted by molar-refractivity contribution is -0.137. The van der Waals surface area contributed by atoms with Crippen LogP contribution in [0.5, 0.6) is 0 Å². The van der Waals surface area contributed by atoms with Crippen LogP contribution in [0.3, 0.4) is 0 Å². The highest BCUT2D eigenvalue weighted by atomic mass is 35.5. The molecule has 0 bridgehead atoms. The quantitative estimate of drug-likeness (QED) is 0.762. The predicted molar refractivity (Wildman–Crippen MR) is 76.4 cm³/mol. The van der Waals surface area contributed by atoms with E-state index >= 15 is 0 Å². The third-order valence-corrected chi connectivity index (χ3v) is 3.81. The van der Waals surface area contributed by atoms with Crippen molar-refractivity contribution in [2.75, 3.05) is 25.6 Å². The van der Waals surface area contributed by atoms with Crippen molar-refractivity contribution in [3.8, 4) is 0 Å². The molecule has 21 heavy (non-hydrogen) atoms. The van der Waals surface area contributed by atoms with Crippen LogP contribution in [0.1, 0.15) is 24.0 Å². The van der Waals surface area contributed by atoms with E-state index in [9.17, 15) is 13.2 Å². The third kappa shape index (κ3) is 5.16. The van der Waals surface area contributed by atoms with Crippen molar-refractivity contribution < 1.29 is 17.9 Å². The lowest BCUT2D eigenvalue weighted by atomic mass is 10.1. The van der Waals surface area contributed by atoms with Gasteiger partial charge in [-0.05, 0) is 30.5 Å². The summed E-state index contributed by atoms with van der Waals surface area (Å²) in [5.41, 5.74) is 0.308. The van der Waals surface area contributed by atoms with E-state index in [1.807, 2.05) is 0 Å². The number of rotatable bonds is 5. The summed E-state index contributed by atoms with van der Waals surface area (Å²) in [5, 5.41) is 0. The first kappa shape index (κ1) is 16.6. The van der Waals surface area contributed by atoms with Crippen LogP contribution in [0.2, 0.25) is 0 Å². The lowest BCUT2D eigenvalue weighted by Crippen LogP contribution is -2.36. The van der Waals surface area contributed by atoms with Gasteiger partial charge < -0.3 is 4.74 Å². The summed E-state index contributed by atoms with van der Waals surface area (Å²) >= 11 is 5.59. The van der Waals surface area contributed by atoms with Crippen molar-refractivity contribution in [2.45, 2.75) is 31.7 Å². The maximum Gasteiger partial charge on any atom is 0.416 e. The van der Waals surface area contributed by atoms with Gasteiger partial charge in [0.05, 0.1) is 18.3 Å². The van der Waals surface area contributed by atoms with Crippen LogP contribution >= 0.6 is 11.6 Å². The van der Waals surface area contributed by atoms with E-state index in [-0.39, 0.29) is 6.10 Å². The average Bonchev–Trinajstić information content (AvgIpc) is 2.46. The van der Waals surface area contributed by atoms with E-state index < -0.39 is 11.7 Å². The van der Waals surface area contributed by atoms with E-state index in [4.69, 9.17) is 16.3 Å². The van der Waals surface area contributed by atoms with Gasteiger partial charge in [0, 0.05) is 25.5 Å². The molecule has 0 spiro atoms. The van der Waals surface area contributed by atoms with E-state index in [0.717, 1.165) is 43.6 Å². The summed E-state index contributed by atoms with van der Waals surface area (Å²) < 4.78 is 43.1. The van der Waals surface area contributed by atoms with E-state index in [2.05, 4.69) is 4.90 Å². The van der Waals surface area contributed by atoms with Gasteiger partial charge >= 0.3 is 6.18 Å². The average molecular weight is 322 g/mol. The molecule has 1 aliphatic rings. The number of ether oxygens (including phenoxy) is 1. The number of benzene rings is 1. The second-order valence-electron chi connectivity index (χ2n) is 5.23. The van der Waals surface area contributed by atoms with Crippen molar-refractivity contribution in [3.63, 3.8) is 0 Å². The Balaban J connectivity index is 1.81. The predicted octanol–water partition coefficient (Wildman–Crippen LogP) is 3.93. The van der Waals surface area contributed by atoms with Crippen molar-refractivity contribution in [1.29, 1.82) is 0 Å². The highest BCUT2D eigenvalue weighted by molar-refractivity contribution is 6.17. The van der Waals surface area contributed by atoms with Crippen LogP contribution in [0.4, 0.5) is 13.2 Å². The standard InChI is InChI=1S/C15H19ClF3NO/c16-7-10-21-14-5-8-20(9-6-14)11-12-1-3-13(4-2-12)15(17,18)19/h1-4,14H,5-11H2. The largest absolute Gasteiger partial charge is 0.416 e. The smallest absolute Gasteiger partial charge is 0.377 e. The Labute approximate surface area is 127 Å². The number of hydrogen-bond donors (Lipinski definition) is 0. The molecule has 1 heterocycles. The summed E-state index contributed by atoms with van der Waals surface area (Å²) in [6, 6.07) is 5.40. The van der Waals surface area contributed by atoms with E-state index in [0.29, 0.717) is 19.0 Å². The number of hydrogen-bond acceptors (Lipinski definition) is 2. The van der Waals surface area contributed by atoms with Gasteiger partial charge in [-0.1, -0.05) is 12.1 Å². The van der Waals surface area contributed by atoms with Crippen LogP contribution in [0.25, 0.3) is 0 Å². The lowest BCUT2D eigenvalue weighted by Gasteiger charge is -2.31.